The molecular weight excluding hydrogens is 258 g/mol. The van der Waals surface area contributed by atoms with Gasteiger partial charge in [-0.15, -0.1) is 0 Å². The summed E-state index contributed by atoms with van der Waals surface area (Å²) in [6.45, 7) is 6.94. The smallest absolute Gasteiger partial charge is 0.409 e. The summed E-state index contributed by atoms with van der Waals surface area (Å²) in [5, 5.41) is 0. The second kappa shape index (κ2) is 7.81. The zero-order chi connectivity index (χ0) is 14.4. The molecule has 0 aromatic heterocycles. The van der Waals surface area contributed by atoms with Crippen molar-refractivity contribution in [1.29, 1.82) is 0 Å². The summed E-state index contributed by atoms with van der Waals surface area (Å²) in [7, 11) is 4.13. The summed E-state index contributed by atoms with van der Waals surface area (Å²) in [6, 6.07) is 0. The second-order valence-corrected chi connectivity index (χ2v) is 5.82. The van der Waals surface area contributed by atoms with Gasteiger partial charge in [0.25, 0.3) is 0 Å². The van der Waals surface area contributed by atoms with Crippen LogP contribution in [0.3, 0.4) is 0 Å². The molecule has 2 saturated heterocycles. The van der Waals surface area contributed by atoms with Gasteiger partial charge in [0.05, 0.1) is 19.3 Å². The topological polar surface area (TPSA) is 45.2 Å². The lowest BCUT2D eigenvalue weighted by Gasteiger charge is -2.32. The van der Waals surface area contributed by atoms with Crippen LogP contribution in [-0.4, -0.2) is 93.5 Å². The predicted molar refractivity (Wildman–Crippen MR) is 76.9 cm³/mol. The quantitative estimate of drug-likeness (QED) is 0.681. The normalized spacial score (nSPS) is 21.8. The second-order valence-electron chi connectivity index (χ2n) is 5.82. The largest absolute Gasteiger partial charge is 0.448 e. The molecule has 0 unspecified atom stereocenters. The Morgan fingerprint density at radius 2 is 2.00 bits per heavy atom. The van der Waals surface area contributed by atoms with Crippen LogP contribution in [0.4, 0.5) is 4.79 Å². The first-order valence-corrected chi connectivity index (χ1v) is 7.55. The summed E-state index contributed by atoms with van der Waals surface area (Å²) in [5.74, 6) is 0. The van der Waals surface area contributed by atoms with Crippen LogP contribution in [0.25, 0.3) is 0 Å². The fraction of sp³-hybridized carbons (Fsp3) is 0.929. The van der Waals surface area contributed by atoms with Crippen molar-refractivity contribution in [1.82, 2.24) is 14.7 Å². The van der Waals surface area contributed by atoms with E-state index in [1.165, 1.54) is 0 Å². The lowest BCUT2D eigenvalue weighted by Crippen LogP contribution is -2.42. The Balaban J connectivity index is 1.56. The van der Waals surface area contributed by atoms with E-state index in [9.17, 15) is 4.79 Å². The maximum Gasteiger partial charge on any atom is 0.409 e. The molecule has 2 fully saturated rings. The lowest BCUT2D eigenvalue weighted by molar-refractivity contribution is 0.00150. The van der Waals surface area contributed by atoms with E-state index < -0.39 is 0 Å². The summed E-state index contributed by atoms with van der Waals surface area (Å²) in [6.07, 6.45) is 2.44. The summed E-state index contributed by atoms with van der Waals surface area (Å²) < 4.78 is 10.8. The van der Waals surface area contributed by atoms with Gasteiger partial charge in [0.2, 0.25) is 0 Å². The molecule has 0 atom stereocenters. The molecule has 0 aromatic carbocycles. The number of carbonyl (C=O) groups is 1. The van der Waals surface area contributed by atoms with E-state index in [-0.39, 0.29) is 6.09 Å². The highest BCUT2D eigenvalue weighted by molar-refractivity contribution is 5.69. The van der Waals surface area contributed by atoms with E-state index in [0.717, 1.165) is 58.7 Å². The van der Waals surface area contributed by atoms with Crippen molar-refractivity contribution in [2.45, 2.75) is 18.9 Å². The van der Waals surface area contributed by atoms with Gasteiger partial charge >= 0.3 is 6.09 Å². The van der Waals surface area contributed by atoms with Gasteiger partial charge in [-0.1, -0.05) is 0 Å². The maximum atomic E-state index is 11.3. The average Bonchev–Trinajstić information content (AvgIpc) is 2.83. The molecule has 0 bridgehead atoms. The number of rotatable bonds is 7. The molecule has 0 spiro atoms. The van der Waals surface area contributed by atoms with Gasteiger partial charge in [-0.25, -0.2) is 4.79 Å². The number of piperidine rings is 1. The van der Waals surface area contributed by atoms with E-state index in [1.807, 2.05) is 0 Å². The number of nitrogens with zero attached hydrogens (tertiary/aromatic N) is 3. The van der Waals surface area contributed by atoms with E-state index >= 15 is 0 Å². The zero-order valence-corrected chi connectivity index (χ0v) is 12.7. The van der Waals surface area contributed by atoms with Gasteiger partial charge in [0.1, 0.15) is 6.61 Å². The van der Waals surface area contributed by atoms with Crippen molar-refractivity contribution in [3.8, 4) is 0 Å². The average molecular weight is 285 g/mol. The molecule has 1 amide bonds. The number of hydrogen-bond donors (Lipinski definition) is 0. The third kappa shape index (κ3) is 4.92. The molecule has 2 aliphatic heterocycles. The molecule has 2 aliphatic rings. The minimum absolute atomic E-state index is 0.160. The Labute approximate surface area is 121 Å². The Morgan fingerprint density at radius 1 is 1.25 bits per heavy atom. The molecule has 6 heteroatoms. The van der Waals surface area contributed by atoms with Crippen molar-refractivity contribution in [3.63, 3.8) is 0 Å². The van der Waals surface area contributed by atoms with Crippen LogP contribution < -0.4 is 0 Å². The van der Waals surface area contributed by atoms with Crippen LogP contribution in [0.1, 0.15) is 12.8 Å². The van der Waals surface area contributed by atoms with Gasteiger partial charge in [-0.05, 0) is 26.9 Å². The number of cyclic esters (lactones) is 1. The van der Waals surface area contributed by atoms with E-state index in [1.54, 1.807) is 4.90 Å². The van der Waals surface area contributed by atoms with E-state index in [4.69, 9.17) is 9.47 Å². The van der Waals surface area contributed by atoms with E-state index in [0.29, 0.717) is 12.7 Å². The lowest BCUT2D eigenvalue weighted by atomic mass is 10.1. The van der Waals surface area contributed by atoms with Crippen molar-refractivity contribution in [2.75, 3.05) is 66.6 Å². The van der Waals surface area contributed by atoms with Crippen LogP contribution >= 0.6 is 0 Å². The molecule has 2 rings (SSSR count). The van der Waals surface area contributed by atoms with Gasteiger partial charge < -0.3 is 24.2 Å². The van der Waals surface area contributed by atoms with Crippen LogP contribution in [0.5, 0.6) is 0 Å². The highest BCUT2D eigenvalue weighted by Crippen LogP contribution is 2.14. The fourth-order valence-electron chi connectivity index (χ4n) is 2.59. The van der Waals surface area contributed by atoms with Gasteiger partial charge in [0.15, 0.2) is 0 Å². The number of likely N-dealkylation sites (tertiary alicyclic amines) is 1. The number of amides is 1. The van der Waals surface area contributed by atoms with Crippen molar-refractivity contribution in [3.05, 3.63) is 0 Å². The van der Waals surface area contributed by atoms with Crippen LogP contribution in [-0.2, 0) is 9.47 Å². The summed E-state index contributed by atoms with van der Waals surface area (Å²) >= 11 is 0. The molecule has 0 aliphatic carbocycles. The molecule has 0 aromatic rings. The Kier molecular flexibility index (Phi) is 6.06. The number of hydrogen-bond acceptors (Lipinski definition) is 5. The molecule has 2 heterocycles. The monoisotopic (exact) mass is 285 g/mol. The first-order chi connectivity index (χ1) is 9.65. The molecule has 6 nitrogen and oxygen atoms in total. The predicted octanol–water partition coefficient (Wildman–Crippen LogP) is 0.481. The third-order valence-corrected chi connectivity index (χ3v) is 3.96. The number of ether oxygens (including phenoxy) is 2. The SMILES string of the molecule is CN(C)CCOC1CCN(CCN2CCOC2=O)CC1. The number of carbonyl (C=O) groups excluding carboxylic acids is 1. The van der Waals surface area contributed by atoms with Crippen LogP contribution in [0.2, 0.25) is 0 Å². The third-order valence-electron chi connectivity index (χ3n) is 3.96. The first kappa shape index (κ1) is 15.5. The highest BCUT2D eigenvalue weighted by atomic mass is 16.6. The molecule has 0 radical (unpaired) electrons. The molecule has 0 N–H and O–H groups in total. The Hall–Kier alpha value is -0.850. The zero-order valence-electron chi connectivity index (χ0n) is 12.7. The molecule has 116 valence electrons. The minimum atomic E-state index is -0.160. The van der Waals surface area contributed by atoms with E-state index in [2.05, 4.69) is 23.9 Å². The Bertz CT molecular complexity index is 304. The minimum Gasteiger partial charge on any atom is -0.448 e. The fourth-order valence-corrected chi connectivity index (χ4v) is 2.59. The highest BCUT2D eigenvalue weighted by Gasteiger charge is 2.24. The maximum absolute atomic E-state index is 11.3. The standard InChI is InChI=1S/C14H27N3O3/c1-15(2)9-11-19-13-3-5-16(6-4-13)7-8-17-10-12-20-14(17)18/h13H,3-12H2,1-2H3. The summed E-state index contributed by atoms with van der Waals surface area (Å²) in [4.78, 5) is 17.7. The number of likely N-dealkylation sites (N-methyl/N-ethyl adjacent to an activating group) is 1. The Morgan fingerprint density at radius 3 is 2.60 bits per heavy atom. The van der Waals surface area contributed by atoms with Gasteiger partial charge in [-0.3, -0.25) is 0 Å². The molecule has 0 saturated carbocycles. The van der Waals surface area contributed by atoms with Crippen molar-refractivity contribution in [2.24, 2.45) is 0 Å². The summed E-state index contributed by atoms with van der Waals surface area (Å²) in [5.41, 5.74) is 0. The molecule has 20 heavy (non-hydrogen) atoms. The van der Waals surface area contributed by atoms with Crippen molar-refractivity contribution < 1.29 is 14.3 Å². The van der Waals surface area contributed by atoms with Crippen LogP contribution in [0, 0.1) is 0 Å². The van der Waals surface area contributed by atoms with Crippen LogP contribution in [0.15, 0.2) is 0 Å². The van der Waals surface area contributed by atoms with Crippen molar-refractivity contribution >= 4 is 6.09 Å². The first-order valence-electron chi connectivity index (χ1n) is 7.55. The van der Waals surface area contributed by atoms with Gasteiger partial charge in [0, 0.05) is 32.7 Å². The van der Waals surface area contributed by atoms with Gasteiger partial charge in [-0.2, -0.15) is 0 Å². The molecular formula is C14H27N3O3.